The van der Waals surface area contributed by atoms with E-state index < -0.39 is 5.97 Å². The molecule has 1 aliphatic carbocycles. The first-order valence-electron chi connectivity index (χ1n) is 10.9. The van der Waals surface area contributed by atoms with Gasteiger partial charge in [-0.15, -0.1) is 0 Å². The zero-order chi connectivity index (χ0) is 24.5. The molecule has 4 aromatic rings. The number of hydrogen-bond acceptors (Lipinski definition) is 6. The number of aromatic nitrogens is 1. The van der Waals surface area contributed by atoms with E-state index in [1.807, 2.05) is 12.1 Å². The van der Waals surface area contributed by atoms with E-state index >= 15 is 0 Å². The summed E-state index contributed by atoms with van der Waals surface area (Å²) >= 11 is 9.38. The van der Waals surface area contributed by atoms with Crippen LogP contribution in [0.4, 0.5) is 0 Å². The van der Waals surface area contributed by atoms with Crippen molar-refractivity contribution in [2.75, 3.05) is 0 Å². The molecule has 0 radical (unpaired) electrons. The van der Waals surface area contributed by atoms with Gasteiger partial charge < -0.3 is 9.15 Å². The number of nitrogens with one attached hydrogen (secondary N) is 1. The number of carbonyl (C=O) groups excluding carboxylic acids is 2. The van der Waals surface area contributed by atoms with Crippen molar-refractivity contribution < 1.29 is 18.7 Å². The van der Waals surface area contributed by atoms with Crippen LogP contribution < -0.4 is 10.2 Å². The summed E-state index contributed by atoms with van der Waals surface area (Å²) in [6.45, 7) is 1.79. The van der Waals surface area contributed by atoms with E-state index in [1.165, 1.54) is 0 Å². The Morgan fingerprint density at radius 2 is 1.94 bits per heavy atom. The van der Waals surface area contributed by atoms with Crippen LogP contribution in [0.3, 0.4) is 0 Å². The van der Waals surface area contributed by atoms with Crippen LogP contribution in [0.1, 0.15) is 50.6 Å². The second-order valence-corrected chi connectivity index (χ2v) is 9.34. The zero-order valence-corrected chi connectivity index (χ0v) is 20.9. The van der Waals surface area contributed by atoms with Crippen LogP contribution >= 0.6 is 27.5 Å². The predicted molar refractivity (Wildman–Crippen MR) is 136 cm³/mol. The van der Waals surface area contributed by atoms with Crippen LogP contribution in [-0.4, -0.2) is 22.6 Å². The molecule has 35 heavy (non-hydrogen) atoms. The van der Waals surface area contributed by atoms with Gasteiger partial charge in [-0.3, -0.25) is 9.78 Å². The predicted octanol–water partition coefficient (Wildman–Crippen LogP) is 6.24. The first-order valence-corrected chi connectivity index (χ1v) is 12.1. The van der Waals surface area contributed by atoms with Gasteiger partial charge >= 0.3 is 5.97 Å². The molecule has 0 aliphatic heterocycles. The Morgan fingerprint density at radius 3 is 2.74 bits per heavy atom. The number of halogens is 2. The van der Waals surface area contributed by atoms with Gasteiger partial charge in [-0.25, -0.2) is 10.2 Å². The van der Waals surface area contributed by atoms with Crippen molar-refractivity contribution in [1.82, 2.24) is 10.4 Å². The Bertz CT molecular complexity index is 1490. The van der Waals surface area contributed by atoms with E-state index in [2.05, 4.69) is 31.4 Å². The molecule has 0 fully saturated rings. The minimum absolute atomic E-state index is 0.112. The number of esters is 1. The summed E-state index contributed by atoms with van der Waals surface area (Å²) in [6, 6.07) is 13.7. The van der Waals surface area contributed by atoms with E-state index in [0.717, 1.165) is 21.8 Å². The average molecular weight is 553 g/mol. The molecule has 5 rings (SSSR count). The highest BCUT2D eigenvalue weighted by molar-refractivity contribution is 9.10. The van der Waals surface area contributed by atoms with E-state index in [9.17, 15) is 9.59 Å². The minimum atomic E-state index is -0.615. The summed E-state index contributed by atoms with van der Waals surface area (Å²) in [6.07, 6.45) is 3.73. The zero-order valence-electron chi connectivity index (χ0n) is 18.6. The molecule has 9 heteroatoms. The third kappa shape index (κ3) is 4.59. The highest BCUT2D eigenvalue weighted by atomic mass is 79.9. The number of carbonyl (C=O) groups is 2. The Balaban J connectivity index is 1.41. The topological polar surface area (TPSA) is 93.8 Å². The molecule has 0 saturated carbocycles. The second kappa shape index (κ2) is 9.64. The number of nitrogens with zero attached hydrogens (tertiary/aromatic N) is 2. The standard InChI is InChI=1S/C26H19BrClN3O4/c1-14-22-19(30-31-25(32)15-7-9-16(28)10-8-15)5-2-6-20(22)34-24(14)26(33)35-21-12-11-18(27)17-4-3-13-29-23(17)21/h3-4,7-13H,2,5-6H2,1H3,(H,31,32)/b30-19+. The van der Waals surface area contributed by atoms with Crippen molar-refractivity contribution in [2.24, 2.45) is 5.10 Å². The van der Waals surface area contributed by atoms with Crippen molar-refractivity contribution >= 4 is 56.0 Å². The Kier molecular flexibility index (Phi) is 6.40. The largest absolute Gasteiger partial charge is 0.453 e. The third-order valence-corrected chi connectivity index (χ3v) is 6.74. The molecule has 2 aromatic heterocycles. The summed E-state index contributed by atoms with van der Waals surface area (Å²) < 4.78 is 12.5. The van der Waals surface area contributed by atoms with E-state index in [4.69, 9.17) is 20.8 Å². The lowest BCUT2D eigenvalue weighted by Crippen LogP contribution is -2.22. The van der Waals surface area contributed by atoms with E-state index in [-0.39, 0.29) is 11.7 Å². The van der Waals surface area contributed by atoms with Gasteiger partial charge in [0.25, 0.3) is 5.91 Å². The van der Waals surface area contributed by atoms with Crippen molar-refractivity contribution in [3.05, 3.63) is 92.4 Å². The van der Waals surface area contributed by atoms with Gasteiger partial charge in [0, 0.05) is 44.2 Å². The minimum Gasteiger partial charge on any atom is -0.453 e. The first kappa shape index (κ1) is 23.3. The molecule has 1 N–H and O–H groups in total. The van der Waals surface area contributed by atoms with Gasteiger partial charge in [0.15, 0.2) is 5.75 Å². The van der Waals surface area contributed by atoms with Gasteiger partial charge in [0.1, 0.15) is 11.3 Å². The fraction of sp³-hybridized carbons (Fsp3) is 0.154. The molecule has 1 amide bonds. The number of ether oxygens (including phenoxy) is 1. The van der Waals surface area contributed by atoms with E-state index in [1.54, 1.807) is 49.5 Å². The number of amides is 1. The first-order chi connectivity index (χ1) is 16.9. The second-order valence-electron chi connectivity index (χ2n) is 8.05. The van der Waals surface area contributed by atoms with Crippen LogP contribution in [-0.2, 0) is 6.42 Å². The fourth-order valence-electron chi connectivity index (χ4n) is 4.10. The Morgan fingerprint density at radius 1 is 1.14 bits per heavy atom. The molecule has 0 unspecified atom stereocenters. The molecule has 0 bridgehead atoms. The molecular formula is C26H19BrClN3O4. The van der Waals surface area contributed by atoms with Crippen molar-refractivity contribution in [3.63, 3.8) is 0 Å². The Hall–Kier alpha value is -3.49. The summed E-state index contributed by atoms with van der Waals surface area (Å²) in [5.41, 5.74) is 5.62. The number of aryl methyl sites for hydroxylation is 1. The maximum Gasteiger partial charge on any atom is 0.380 e. The summed E-state index contributed by atoms with van der Waals surface area (Å²) in [7, 11) is 0. The van der Waals surface area contributed by atoms with Gasteiger partial charge in [-0.2, -0.15) is 5.10 Å². The molecule has 2 aromatic carbocycles. The molecular weight excluding hydrogens is 534 g/mol. The maximum atomic E-state index is 13.1. The maximum absolute atomic E-state index is 13.1. The van der Waals surface area contributed by atoms with Gasteiger partial charge in [-0.1, -0.05) is 33.6 Å². The van der Waals surface area contributed by atoms with Crippen molar-refractivity contribution in [1.29, 1.82) is 0 Å². The van der Waals surface area contributed by atoms with E-state index in [0.29, 0.717) is 51.7 Å². The lowest BCUT2D eigenvalue weighted by molar-refractivity contribution is 0.0700. The number of pyridine rings is 1. The molecule has 2 heterocycles. The number of benzene rings is 2. The molecule has 0 atom stereocenters. The molecule has 1 aliphatic rings. The number of furan rings is 1. The van der Waals surface area contributed by atoms with Crippen LogP contribution in [0.15, 0.2) is 68.7 Å². The molecule has 0 saturated heterocycles. The SMILES string of the molecule is Cc1c(C(=O)Oc2ccc(Br)c3cccnc23)oc2c1/C(=N/NC(=O)c1ccc(Cl)cc1)CCC2. The number of rotatable bonds is 4. The number of hydrazone groups is 1. The summed E-state index contributed by atoms with van der Waals surface area (Å²) in [5.74, 6) is 0.138. The van der Waals surface area contributed by atoms with Crippen molar-refractivity contribution in [2.45, 2.75) is 26.2 Å². The number of hydrogen-bond donors (Lipinski definition) is 1. The fourth-order valence-corrected chi connectivity index (χ4v) is 4.68. The molecule has 176 valence electrons. The van der Waals surface area contributed by atoms with Crippen LogP contribution in [0.2, 0.25) is 5.02 Å². The highest BCUT2D eigenvalue weighted by Crippen LogP contribution is 2.33. The van der Waals surface area contributed by atoms with Crippen molar-refractivity contribution in [3.8, 4) is 5.75 Å². The molecule has 0 spiro atoms. The monoisotopic (exact) mass is 551 g/mol. The van der Waals surface area contributed by atoms with Crippen LogP contribution in [0, 0.1) is 6.92 Å². The lowest BCUT2D eigenvalue weighted by Gasteiger charge is -2.13. The normalized spacial score (nSPS) is 14.1. The summed E-state index contributed by atoms with van der Waals surface area (Å²) in [5, 5.41) is 5.73. The van der Waals surface area contributed by atoms with Gasteiger partial charge in [-0.05, 0) is 62.2 Å². The lowest BCUT2D eigenvalue weighted by atomic mass is 9.93. The van der Waals surface area contributed by atoms with Gasteiger partial charge in [0.05, 0.1) is 5.71 Å². The highest BCUT2D eigenvalue weighted by Gasteiger charge is 2.29. The molecule has 7 nitrogen and oxygen atoms in total. The number of fused-ring (bicyclic) bond motifs is 2. The Labute approximate surface area is 214 Å². The van der Waals surface area contributed by atoms with Crippen LogP contribution in [0.25, 0.3) is 10.9 Å². The third-order valence-electron chi connectivity index (χ3n) is 5.79. The smallest absolute Gasteiger partial charge is 0.380 e. The van der Waals surface area contributed by atoms with Crippen LogP contribution in [0.5, 0.6) is 5.75 Å². The quantitative estimate of drug-likeness (QED) is 0.184. The average Bonchev–Trinajstić information content (AvgIpc) is 3.22. The van der Waals surface area contributed by atoms with Gasteiger partial charge in [0.2, 0.25) is 5.76 Å². The summed E-state index contributed by atoms with van der Waals surface area (Å²) in [4.78, 5) is 29.9.